The number of likely N-dealkylation sites (tertiary alicyclic amines) is 1. The van der Waals surface area contributed by atoms with Crippen LogP contribution >= 0.6 is 11.6 Å². The van der Waals surface area contributed by atoms with Crippen LogP contribution in [0.3, 0.4) is 0 Å². The maximum atomic E-state index is 11.3. The summed E-state index contributed by atoms with van der Waals surface area (Å²) >= 11 is 7.15. The van der Waals surface area contributed by atoms with E-state index in [1.54, 1.807) is 21.3 Å². The van der Waals surface area contributed by atoms with Crippen molar-refractivity contribution in [1.29, 1.82) is 0 Å². The second-order valence-electron chi connectivity index (χ2n) is 12.6. The van der Waals surface area contributed by atoms with Crippen LogP contribution in [-0.2, 0) is 17.9 Å². The van der Waals surface area contributed by atoms with Gasteiger partial charge in [0, 0.05) is 66.4 Å². The van der Waals surface area contributed by atoms with Crippen LogP contribution in [0.25, 0.3) is 39.0 Å². The quantitative estimate of drug-likeness (QED) is 0.154. The fourth-order valence-corrected chi connectivity index (χ4v) is 7.02. The molecule has 1 saturated carbocycles. The lowest BCUT2D eigenvalue weighted by Gasteiger charge is -2.37. The third-order valence-electron chi connectivity index (χ3n) is 9.53. The van der Waals surface area contributed by atoms with Crippen LogP contribution < -0.4 is 19.5 Å². The zero-order valence-electron chi connectivity index (χ0n) is 27.5. The smallest absolute Gasteiger partial charge is 0.309 e. The zero-order chi connectivity index (χ0) is 34.2. The molecule has 1 aliphatic carbocycles. The predicted molar refractivity (Wildman–Crippen MR) is 187 cm³/mol. The minimum absolute atomic E-state index is 0.217. The van der Waals surface area contributed by atoms with Crippen LogP contribution in [0.15, 0.2) is 66.9 Å². The van der Waals surface area contributed by atoms with Gasteiger partial charge in [0.05, 0.1) is 67.0 Å². The Morgan fingerprint density at radius 3 is 2.33 bits per heavy atom. The topological polar surface area (TPSA) is 131 Å². The number of fused-ring (bicyclic) bond motifs is 1. The number of hydrogen-bond acceptors (Lipinski definition) is 9. The van der Waals surface area contributed by atoms with Gasteiger partial charge in [-0.2, -0.15) is 5.10 Å². The molecule has 12 heteroatoms. The number of nitrogens with zero attached hydrogens (tertiary/aromatic N) is 4. The highest BCUT2D eigenvalue weighted by Gasteiger charge is 2.33. The Labute approximate surface area is 289 Å². The molecule has 49 heavy (non-hydrogen) atoms. The monoisotopic (exact) mass is 683 g/mol. The van der Waals surface area contributed by atoms with E-state index in [1.807, 2.05) is 71.5 Å². The van der Waals surface area contributed by atoms with Crippen molar-refractivity contribution in [3.63, 3.8) is 0 Å². The molecule has 254 valence electrons. The molecule has 7 rings (SSSR count). The fraction of sp³-hybridized carbons (Fsp3) is 0.324. The number of hydrogen-bond donors (Lipinski definition) is 3. The number of carboxylic acids is 1. The number of aliphatic carboxylic acids is 1. The number of aliphatic hydroxyl groups excluding tert-OH is 1. The van der Waals surface area contributed by atoms with E-state index in [4.69, 9.17) is 35.9 Å². The summed E-state index contributed by atoms with van der Waals surface area (Å²) in [5, 5.41) is 28.6. The Morgan fingerprint density at radius 1 is 0.959 bits per heavy atom. The molecular weight excluding hydrogens is 646 g/mol. The fourth-order valence-electron chi connectivity index (χ4n) is 6.70. The van der Waals surface area contributed by atoms with E-state index in [1.165, 1.54) is 0 Å². The number of ether oxygens (including phenoxy) is 3. The van der Waals surface area contributed by atoms with Gasteiger partial charge >= 0.3 is 5.97 Å². The highest BCUT2D eigenvalue weighted by molar-refractivity contribution is 6.36. The zero-order valence-corrected chi connectivity index (χ0v) is 28.3. The van der Waals surface area contributed by atoms with E-state index in [-0.39, 0.29) is 12.0 Å². The van der Waals surface area contributed by atoms with E-state index in [2.05, 4.69) is 10.2 Å². The van der Waals surface area contributed by atoms with Gasteiger partial charge in [-0.05, 0) is 30.5 Å². The van der Waals surface area contributed by atoms with Crippen LogP contribution in [-0.4, -0.2) is 82.4 Å². The molecule has 0 spiro atoms. The maximum absolute atomic E-state index is 11.3. The number of benzene rings is 3. The highest BCUT2D eigenvalue weighted by atomic mass is 35.5. The summed E-state index contributed by atoms with van der Waals surface area (Å²) in [7, 11) is 4.84. The number of carboxylic acid groups (broad SMARTS) is 1. The molecule has 2 fully saturated rings. The Hall–Kier alpha value is -4.68. The van der Waals surface area contributed by atoms with E-state index in [9.17, 15) is 15.0 Å². The van der Waals surface area contributed by atoms with E-state index < -0.39 is 5.97 Å². The average molecular weight is 684 g/mol. The summed E-state index contributed by atoms with van der Waals surface area (Å²) in [5.74, 6) is 0.673. The van der Waals surface area contributed by atoms with Crippen molar-refractivity contribution < 1.29 is 29.2 Å². The number of aliphatic hydroxyl groups is 1. The number of methoxy groups -OCH3 is 3. The first-order chi connectivity index (χ1) is 23.8. The standard InChI is InChI=1S/C37H38ClN5O6/c1-47-33-14-24(15-34(48-2)30(33)20-42-18-22(19-42)37(45)46)43-32-9-5-6-26(29(32)17-40-43)27-7-4-8-28(35(27)38)31-11-10-21(36(41-31)49-3)16-39-23-12-25(44)13-23/h4-11,14-15,17,22-23,25,39,44H,12-13,16,18-20H2,1-3H3,(H,45,46). The lowest BCUT2D eigenvalue weighted by molar-refractivity contribution is -0.147. The molecular formula is C37H38ClN5O6. The lowest BCUT2D eigenvalue weighted by atomic mass is 9.89. The van der Waals surface area contributed by atoms with Crippen LogP contribution in [0.2, 0.25) is 5.02 Å². The van der Waals surface area contributed by atoms with Gasteiger partial charge in [0.1, 0.15) is 11.5 Å². The highest BCUT2D eigenvalue weighted by Crippen LogP contribution is 2.41. The van der Waals surface area contributed by atoms with Crippen LogP contribution in [0.1, 0.15) is 24.0 Å². The molecule has 0 amide bonds. The number of halogens is 1. The summed E-state index contributed by atoms with van der Waals surface area (Å²) in [6, 6.07) is 20.0. The summed E-state index contributed by atoms with van der Waals surface area (Å²) in [6.07, 6.45) is 3.13. The second-order valence-corrected chi connectivity index (χ2v) is 13.0. The molecule has 11 nitrogen and oxygen atoms in total. The predicted octanol–water partition coefficient (Wildman–Crippen LogP) is 5.56. The van der Waals surface area contributed by atoms with Crippen molar-refractivity contribution in [3.05, 3.63) is 83.0 Å². The normalized spacial score (nSPS) is 17.8. The molecule has 1 saturated heterocycles. The molecule has 0 atom stereocenters. The Balaban J connectivity index is 1.19. The van der Waals surface area contributed by atoms with Crippen LogP contribution in [0.5, 0.6) is 17.4 Å². The summed E-state index contributed by atoms with van der Waals surface area (Å²) in [4.78, 5) is 18.2. The van der Waals surface area contributed by atoms with Gasteiger partial charge < -0.3 is 29.7 Å². The van der Waals surface area contributed by atoms with Crippen molar-refractivity contribution in [1.82, 2.24) is 25.0 Å². The lowest BCUT2D eigenvalue weighted by Crippen LogP contribution is -2.49. The third kappa shape index (κ3) is 6.30. The van der Waals surface area contributed by atoms with Gasteiger partial charge in [-0.25, -0.2) is 9.67 Å². The van der Waals surface area contributed by atoms with Crippen molar-refractivity contribution >= 4 is 28.5 Å². The Kier molecular flexibility index (Phi) is 9.17. The van der Waals surface area contributed by atoms with E-state index >= 15 is 0 Å². The molecule has 0 bridgehead atoms. The van der Waals surface area contributed by atoms with Gasteiger partial charge in [-0.1, -0.05) is 48.0 Å². The van der Waals surface area contributed by atoms with Gasteiger partial charge in [0.25, 0.3) is 0 Å². The molecule has 3 heterocycles. The van der Waals surface area contributed by atoms with Crippen molar-refractivity contribution in [2.45, 2.75) is 38.1 Å². The first-order valence-electron chi connectivity index (χ1n) is 16.2. The molecule has 3 aromatic carbocycles. The second kappa shape index (κ2) is 13.7. The minimum atomic E-state index is -0.773. The number of aromatic nitrogens is 3. The van der Waals surface area contributed by atoms with Crippen LogP contribution in [0.4, 0.5) is 0 Å². The van der Waals surface area contributed by atoms with Crippen molar-refractivity contribution in [2.75, 3.05) is 34.4 Å². The molecule has 0 radical (unpaired) electrons. The summed E-state index contributed by atoms with van der Waals surface area (Å²) in [6.45, 7) is 2.08. The van der Waals surface area contributed by atoms with Gasteiger partial charge in [0.2, 0.25) is 5.88 Å². The average Bonchev–Trinajstić information content (AvgIpc) is 3.52. The number of nitrogens with one attached hydrogen (secondary N) is 1. The van der Waals surface area contributed by atoms with Crippen molar-refractivity contribution in [3.8, 4) is 45.5 Å². The van der Waals surface area contributed by atoms with Crippen molar-refractivity contribution in [2.24, 2.45) is 5.92 Å². The minimum Gasteiger partial charge on any atom is -0.496 e. The molecule has 0 unspecified atom stereocenters. The number of carbonyl (C=O) groups is 1. The van der Waals surface area contributed by atoms with Gasteiger partial charge in [-0.15, -0.1) is 0 Å². The summed E-state index contributed by atoms with van der Waals surface area (Å²) in [5.41, 5.74) is 6.67. The van der Waals surface area contributed by atoms with E-state index in [0.29, 0.717) is 60.3 Å². The van der Waals surface area contributed by atoms with Gasteiger partial charge in [0.15, 0.2) is 0 Å². The third-order valence-corrected chi connectivity index (χ3v) is 9.94. The largest absolute Gasteiger partial charge is 0.496 e. The first-order valence-corrected chi connectivity index (χ1v) is 16.6. The number of rotatable bonds is 12. The molecule has 3 N–H and O–H groups in total. The van der Waals surface area contributed by atoms with Gasteiger partial charge in [-0.3, -0.25) is 9.69 Å². The summed E-state index contributed by atoms with van der Waals surface area (Å²) < 4.78 is 19.1. The molecule has 2 aliphatic rings. The maximum Gasteiger partial charge on any atom is 0.309 e. The number of pyridine rings is 1. The molecule has 2 aromatic heterocycles. The first kappa shape index (κ1) is 32.8. The molecule has 1 aliphatic heterocycles. The molecule has 5 aromatic rings. The van der Waals surface area contributed by atoms with E-state index in [0.717, 1.165) is 57.2 Å². The SMILES string of the molecule is COc1cc(-n2ncc3c(-c4cccc(-c5ccc(CNC6CC(O)C6)c(OC)n5)c4Cl)cccc32)cc(OC)c1CN1CC(C(=O)O)C1. The Morgan fingerprint density at radius 2 is 1.65 bits per heavy atom. The van der Waals surface area contributed by atoms with Crippen LogP contribution in [0, 0.1) is 5.92 Å². The Bertz CT molecular complexity index is 2000.